The van der Waals surface area contributed by atoms with E-state index in [1.165, 1.54) is 0 Å². The second-order valence-corrected chi connectivity index (χ2v) is 13.4. The Bertz CT molecular complexity index is 1610. The Morgan fingerprint density at radius 3 is 2.44 bits per heavy atom. The van der Waals surface area contributed by atoms with Gasteiger partial charge in [-0.2, -0.15) is 0 Å². The summed E-state index contributed by atoms with van der Waals surface area (Å²) < 4.78 is 32.5. The van der Waals surface area contributed by atoms with Gasteiger partial charge >= 0.3 is 0 Å². The molecule has 0 amide bonds. The number of tetrazole rings is 1. The van der Waals surface area contributed by atoms with Crippen LogP contribution in [0, 0.1) is 0 Å². The van der Waals surface area contributed by atoms with Gasteiger partial charge in [-0.25, -0.2) is 14.6 Å². The molecule has 6 rings (SSSR count). The minimum Gasteiger partial charge on any atom is -0.487 e. The molecular formula is C34H47ClN10O5. The van der Waals surface area contributed by atoms with Crippen LogP contribution in [-0.4, -0.2) is 116 Å². The molecule has 3 aromatic heterocycles. The van der Waals surface area contributed by atoms with Gasteiger partial charge in [0.15, 0.2) is 0 Å². The summed E-state index contributed by atoms with van der Waals surface area (Å²) in [4.78, 5) is 11.8. The molecule has 0 bridgehead atoms. The molecule has 1 saturated heterocycles. The lowest BCUT2D eigenvalue weighted by Gasteiger charge is -2.42. The average Bonchev–Trinajstić information content (AvgIpc) is 3.77. The van der Waals surface area contributed by atoms with Crippen LogP contribution in [0.15, 0.2) is 43.1 Å². The van der Waals surface area contributed by atoms with Crippen LogP contribution in [0.1, 0.15) is 52.5 Å². The lowest BCUT2D eigenvalue weighted by Crippen LogP contribution is -2.51. The van der Waals surface area contributed by atoms with Crippen LogP contribution in [0.2, 0.25) is 5.02 Å². The molecule has 4 aromatic rings. The molecule has 16 heteroatoms. The maximum atomic E-state index is 6.47. The fourth-order valence-electron chi connectivity index (χ4n) is 6.62. The lowest BCUT2D eigenvalue weighted by molar-refractivity contribution is -0.0852. The van der Waals surface area contributed by atoms with Crippen molar-refractivity contribution in [3.05, 3.63) is 48.1 Å². The van der Waals surface area contributed by atoms with E-state index in [4.69, 9.17) is 40.4 Å². The number of benzene rings is 1. The molecule has 270 valence electrons. The zero-order valence-corrected chi connectivity index (χ0v) is 29.9. The van der Waals surface area contributed by atoms with Crippen molar-refractivity contribution in [3.63, 3.8) is 0 Å². The number of aromatic nitrogens is 8. The van der Waals surface area contributed by atoms with Crippen molar-refractivity contribution in [1.82, 2.24) is 44.9 Å². The molecule has 2 fully saturated rings. The van der Waals surface area contributed by atoms with Crippen LogP contribution in [0.3, 0.4) is 0 Å². The normalized spacial score (nSPS) is 21.9. The number of halogens is 1. The van der Waals surface area contributed by atoms with E-state index in [1.54, 1.807) is 36.6 Å². The van der Waals surface area contributed by atoms with Crippen molar-refractivity contribution in [2.45, 2.75) is 83.4 Å². The third-order valence-electron chi connectivity index (χ3n) is 8.93. The van der Waals surface area contributed by atoms with Gasteiger partial charge in [0, 0.05) is 44.2 Å². The minimum absolute atomic E-state index is 0.212. The van der Waals surface area contributed by atoms with E-state index in [-0.39, 0.29) is 24.4 Å². The first kappa shape index (κ1) is 35.9. The minimum atomic E-state index is -0.212. The Morgan fingerprint density at radius 1 is 0.980 bits per heavy atom. The quantitative estimate of drug-likeness (QED) is 0.159. The van der Waals surface area contributed by atoms with E-state index in [2.05, 4.69) is 49.6 Å². The summed E-state index contributed by atoms with van der Waals surface area (Å²) in [7, 11) is 1.65. The largest absolute Gasteiger partial charge is 0.487 e. The van der Waals surface area contributed by atoms with Gasteiger partial charge in [0.25, 0.3) is 5.88 Å². The van der Waals surface area contributed by atoms with Gasteiger partial charge < -0.3 is 29.0 Å². The highest BCUT2D eigenvalue weighted by atomic mass is 35.5. The monoisotopic (exact) mass is 710 g/mol. The van der Waals surface area contributed by atoms with Crippen molar-refractivity contribution in [2.24, 2.45) is 0 Å². The first-order valence-electron chi connectivity index (χ1n) is 17.3. The molecule has 1 aliphatic heterocycles. The van der Waals surface area contributed by atoms with Crippen molar-refractivity contribution in [1.29, 1.82) is 0 Å². The number of ether oxygens (including phenoxy) is 5. The van der Waals surface area contributed by atoms with Crippen molar-refractivity contribution >= 4 is 23.2 Å². The van der Waals surface area contributed by atoms with E-state index in [9.17, 15) is 0 Å². The van der Waals surface area contributed by atoms with Gasteiger partial charge in [-0.05, 0) is 74.6 Å². The Labute approximate surface area is 297 Å². The van der Waals surface area contributed by atoms with Gasteiger partial charge in [0.2, 0.25) is 5.95 Å². The Kier molecular flexibility index (Phi) is 12.5. The predicted molar refractivity (Wildman–Crippen MR) is 187 cm³/mol. The van der Waals surface area contributed by atoms with Crippen LogP contribution >= 0.6 is 11.6 Å². The standard InChI is InChI=1S/C34H47ClN10O5/c1-23-18-43(19-24(2)49-23)28-6-8-29(9-7-28)45-21-31(33(40-45)48-14-13-47-12-11-46-4)39-34-36-16-27(17-37-34)26-5-10-30(35)32(15-26)50-25(3)20-44-22-38-41-42-44/h5,10,15-17,21-25,28-29H,6-9,11-14,18-20H2,1-4H3,(H,36,37,39)/t23-,24+,25?,28?,29?. The summed E-state index contributed by atoms with van der Waals surface area (Å²) in [5.41, 5.74) is 2.38. The maximum absolute atomic E-state index is 6.47. The fraction of sp³-hybridized carbons (Fsp3) is 0.588. The molecule has 1 saturated carbocycles. The van der Waals surface area contributed by atoms with Crippen molar-refractivity contribution in [3.8, 4) is 22.8 Å². The van der Waals surface area contributed by atoms with E-state index < -0.39 is 0 Å². The van der Waals surface area contributed by atoms with E-state index >= 15 is 0 Å². The van der Waals surface area contributed by atoms with Gasteiger partial charge in [-0.3, -0.25) is 9.58 Å². The van der Waals surface area contributed by atoms with Crippen LogP contribution in [0.4, 0.5) is 11.6 Å². The molecule has 1 unspecified atom stereocenters. The van der Waals surface area contributed by atoms with Crippen molar-refractivity contribution in [2.75, 3.05) is 51.9 Å². The Morgan fingerprint density at radius 2 is 1.72 bits per heavy atom. The third-order valence-corrected chi connectivity index (χ3v) is 9.24. The molecule has 3 atom stereocenters. The lowest BCUT2D eigenvalue weighted by atomic mass is 9.89. The molecule has 0 radical (unpaired) electrons. The number of nitrogens with zero attached hydrogens (tertiary/aromatic N) is 9. The van der Waals surface area contributed by atoms with Crippen LogP contribution < -0.4 is 14.8 Å². The summed E-state index contributed by atoms with van der Waals surface area (Å²) in [6, 6.07) is 6.44. The highest BCUT2D eigenvalue weighted by molar-refractivity contribution is 6.32. The number of methoxy groups -OCH3 is 1. The Hall–Kier alpha value is -3.89. The summed E-state index contributed by atoms with van der Waals surface area (Å²) in [5, 5.41) is 19.9. The zero-order valence-electron chi connectivity index (χ0n) is 29.2. The Balaban J connectivity index is 1.11. The van der Waals surface area contributed by atoms with E-state index in [1.807, 2.05) is 29.9 Å². The molecule has 0 spiro atoms. The molecule has 50 heavy (non-hydrogen) atoms. The first-order chi connectivity index (χ1) is 24.3. The van der Waals surface area contributed by atoms with Crippen molar-refractivity contribution < 1.29 is 23.7 Å². The van der Waals surface area contributed by atoms with Gasteiger partial charge in [0.1, 0.15) is 30.5 Å². The predicted octanol–water partition coefficient (Wildman–Crippen LogP) is 4.83. The summed E-state index contributed by atoms with van der Waals surface area (Å²) in [5.74, 6) is 1.46. The molecule has 1 aliphatic carbocycles. The second kappa shape index (κ2) is 17.4. The topological polar surface area (TPSA) is 149 Å². The fourth-order valence-corrected chi connectivity index (χ4v) is 6.78. The van der Waals surface area contributed by atoms with Crippen LogP contribution in [0.25, 0.3) is 11.1 Å². The van der Waals surface area contributed by atoms with Crippen LogP contribution in [-0.2, 0) is 20.8 Å². The van der Waals surface area contributed by atoms with Crippen LogP contribution in [0.5, 0.6) is 11.6 Å². The first-order valence-corrected chi connectivity index (χ1v) is 17.7. The second-order valence-electron chi connectivity index (χ2n) is 13.0. The highest BCUT2D eigenvalue weighted by Crippen LogP contribution is 2.36. The van der Waals surface area contributed by atoms with E-state index in [0.717, 1.165) is 49.9 Å². The number of anilines is 2. The van der Waals surface area contributed by atoms with Gasteiger partial charge in [-0.15, -0.1) is 10.2 Å². The summed E-state index contributed by atoms with van der Waals surface area (Å²) in [6.45, 7) is 10.5. The van der Waals surface area contributed by atoms with Gasteiger partial charge in [0.05, 0.1) is 55.8 Å². The smallest absolute Gasteiger partial charge is 0.257 e. The number of nitrogens with one attached hydrogen (secondary N) is 1. The maximum Gasteiger partial charge on any atom is 0.257 e. The molecule has 2 aliphatic rings. The number of rotatable bonds is 16. The van der Waals surface area contributed by atoms with E-state index in [0.29, 0.717) is 67.3 Å². The highest BCUT2D eigenvalue weighted by Gasteiger charge is 2.32. The zero-order chi connectivity index (χ0) is 34.9. The SMILES string of the molecule is COCCOCCOc1nn(C2CCC(N3C[C@@H](C)O[C@@H](C)C3)CC2)cc1Nc1ncc(-c2ccc(Cl)c(OC(C)Cn3cnnn3)c2)cn1. The summed E-state index contributed by atoms with van der Waals surface area (Å²) in [6.07, 6.45) is 11.7. The summed E-state index contributed by atoms with van der Waals surface area (Å²) >= 11 is 6.47. The molecular weight excluding hydrogens is 664 g/mol. The molecule has 4 heterocycles. The molecule has 15 nitrogen and oxygen atoms in total. The third kappa shape index (κ3) is 9.66. The number of hydrogen-bond acceptors (Lipinski definition) is 13. The molecule has 1 aromatic carbocycles. The number of hydrogen-bond donors (Lipinski definition) is 1. The van der Waals surface area contributed by atoms with Gasteiger partial charge in [-0.1, -0.05) is 17.7 Å². The molecule has 1 N–H and O–H groups in total. The average molecular weight is 711 g/mol. The number of morpholine rings is 1.